The molecule has 0 spiro atoms. The molecule has 1 fully saturated rings. The zero-order valence-corrected chi connectivity index (χ0v) is 10.6. The molecule has 108 valence electrons. The quantitative estimate of drug-likeness (QED) is 0.723. The summed E-state index contributed by atoms with van der Waals surface area (Å²) in [5.41, 5.74) is 0. The molecule has 1 aliphatic rings. The number of hydrogen-bond donors (Lipinski definition) is 1. The Bertz CT molecular complexity index is 369. The van der Waals surface area contributed by atoms with Gasteiger partial charge in [-0.25, -0.2) is 8.78 Å². The molecule has 1 aromatic rings. The van der Waals surface area contributed by atoms with E-state index in [2.05, 4.69) is 20.4 Å². The van der Waals surface area contributed by atoms with E-state index in [-0.39, 0.29) is 6.61 Å². The van der Waals surface area contributed by atoms with Gasteiger partial charge in [0.2, 0.25) is 5.89 Å². The normalized spacial score (nSPS) is 17.2. The summed E-state index contributed by atoms with van der Waals surface area (Å²) in [5.74, 6) is 1.06. The molecular formula is C11H18F2N4O2. The molecule has 0 bridgehead atoms. The Hall–Kier alpha value is -1.12. The summed E-state index contributed by atoms with van der Waals surface area (Å²) in [6.45, 7) is 4.09. The summed E-state index contributed by atoms with van der Waals surface area (Å²) < 4.78 is 33.6. The number of halogens is 2. The number of ether oxygens (including phenoxy) is 1. The van der Waals surface area contributed by atoms with Crippen molar-refractivity contribution in [3.63, 3.8) is 0 Å². The Morgan fingerprint density at radius 2 is 2.16 bits per heavy atom. The van der Waals surface area contributed by atoms with Gasteiger partial charge >= 0.3 is 0 Å². The summed E-state index contributed by atoms with van der Waals surface area (Å²) in [4.78, 5) is 6.44. The molecular weight excluding hydrogens is 258 g/mol. The van der Waals surface area contributed by atoms with Gasteiger partial charge in [0.1, 0.15) is 6.61 Å². The second-order valence-corrected chi connectivity index (χ2v) is 4.35. The molecule has 0 unspecified atom stereocenters. The van der Waals surface area contributed by atoms with Gasteiger partial charge in [-0.1, -0.05) is 5.16 Å². The molecule has 1 N–H and O–H groups in total. The van der Waals surface area contributed by atoms with Crippen LogP contribution in [0.5, 0.6) is 0 Å². The van der Waals surface area contributed by atoms with E-state index in [1.165, 1.54) is 0 Å². The Balaban J connectivity index is 1.69. The van der Waals surface area contributed by atoms with Crippen molar-refractivity contribution in [1.29, 1.82) is 0 Å². The summed E-state index contributed by atoms with van der Waals surface area (Å²) in [7, 11) is 0. The Morgan fingerprint density at radius 3 is 2.89 bits per heavy atom. The van der Waals surface area contributed by atoms with Crippen molar-refractivity contribution in [3.8, 4) is 0 Å². The van der Waals surface area contributed by atoms with Crippen LogP contribution in [0.15, 0.2) is 4.52 Å². The lowest BCUT2D eigenvalue weighted by atomic mass is 10.3. The summed E-state index contributed by atoms with van der Waals surface area (Å²) in [6, 6.07) is 0. The van der Waals surface area contributed by atoms with Gasteiger partial charge in [0.05, 0.1) is 13.2 Å². The lowest BCUT2D eigenvalue weighted by molar-refractivity contribution is 0.0182. The molecule has 0 atom stereocenters. The number of hydrogen-bond acceptors (Lipinski definition) is 6. The van der Waals surface area contributed by atoms with Crippen molar-refractivity contribution in [2.75, 3.05) is 39.4 Å². The van der Waals surface area contributed by atoms with Crippen LogP contribution in [0.2, 0.25) is 0 Å². The van der Waals surface area contributed by atoms with Crippen molar-refractivity contribution in [3.05, 3.63) is 11.7 Å². The topological polar surface area (TPSA) is 63.4 Å². The van der Waals surface area contributed by atoms with E-state index >= 15 is 0 Å². The van der Waals surface area contributed by atoms with Crippen LogP contribution in [-0.2, 0) is 17.7 Å². The van der Waals surface area contributed by atoms with Gasteiger partial charge in [-0.05, 0) is 0 Å². The van der Waals surface area contributed by atoms with Crippen LogP contribution in [0.1, 0.15) is 11.7 Å². The molecule has 1 aromatic heterocycles. The third kappa shape index (κ3) is 5.17. The van der Waals surface area contributed by atoms with Crippen molar-refractivity contribution in [2.45, 2.75) is 19.4 Å². The van der Waals surface area contributed by atoms with Gasteiger partial charge in [0.15, 0.2) is 5.82 Å². The van der Waals surface area contributed by atoms with Crippen LogP contribution in [0.4, 0.5) is 8.78 Å². The maximum Gasteiger partial charge on any atom is 0.261 e. The maximum atomic E-state index is 11.8. The number of rotatable bonds is 7. The monoisotopic (exact) mass is 276 g/mol. The van der Waals surface area contributed by atoms with Crippen molar-refractivity contribution < 1.29 is 18.0 Å². The van der Waals surface area contributed by atoms with E-state index in [1.54, 1.807) is 0 Å². The molecule has 0 aliphatic carbocycles. The summed E-state index contributed by atoms with van der Waals surface area (Å²) >= 11 is 0. The van der Waals surface area contributed by atoms with Crippen LogP contribution >= 0.6 is 0 Å². The molecule has 8 heteroatoms. The van der Waals surface area contributed by atoms with E-state index in [0.717, 1.165) is 26.2 Å². The van der Waals surface area contributed by atoms with Gasteiger partial charge in [0.25, 0.3) is 6.43 Å². The number of alkyl halides is 2. The molecule has 0 saturated carbocycles. The SMILES string of the molecule is FC(F)COCCc1noc(CN2CCNCC2)n1. The molecule has 1 aliphatic heterocycles. The zero-order chi connectivity index (χ0) is 13.5. The number of nitrogens with zero attached hydrogens (tertiary/aromatic N) is 3. The first kappa shape index (κ1) is 14.3. The average molecular weight is 276 g/mol. The van der Waals surface area contributed by atoms with Gasteiger partial charge in [-0.15, -0.1) is 0 Å². The highest BCUT2D eigenvalue weighted by Gasteiger charge is 2.14. The third-order valence-electron chi connectivity index (χ3n) is 2.79. The average Bonchev–Trinajstić information content (AvgIpc) is 2.83. The fourth-order valence-corrected chi connectivity index (χ4v) is 1.85. The van der Waals surface area contributed by atoms with E-state index in [4.69, 9.17) is 9.26 Å². The zero-order valence-electron chi connectivity index (χ0n) is 10.6. The van der Waals surface area contributed by atoms with Gasteiger partial charge < -0.3 is 14.6 Å². The van der Waals surface area contributed by atoms with Gasteiger partial charge in [0, 0.05) is 32.6 Å². The van der Waals surface area contributed by atoms with Crippen LogP contribution in [0.3, 0.4) is 0 Å². The molecule has 0 aromatic carbocycles. The van der Waals surface area contributed by atoms with E-state index in [0.29, 0.717) is 24.7 Å². The smallest absolute Gasteiger partial charge is 0.261 e. The summed E-state index contributed by atoms with van der Waals surface area (Å²) in [5, 5.41) is 7.07. The molecule has 2 heterocycles. The van der Waals surface area contributed by atoms with E-state index in [1.807, 2.05) is 0 Å². The minimum atomic E-state index is -2.44. The first-order chi connectivity index (χ1) is 9.24. The number of piperazine rings is 1. The lowest BCUT2D eigenvalue weighted by Crippen LogP contribution is -2.42. The van der Waals surface area contributed by atoms with Gasteiger partial charge in [-0.2, -0.15) is 4.98 Å². The summed E-state index contributed by atoms with van der Waals surface area (Å²) in [6.07, 6.45) is -2.05. The highest BCUT2D eigenvalue weighted by Crippen LogP contribution is 2.04. The van der Waals surface area contributed by atoms with Crippen LogP contribution in [0.25, 0.3) is 0 Å². The highest BCUT2D eigenvalue weighted by molar-refractivity contribution is 4.87. The largest absolute Gasteiger partial charge is 0.375 e. The van der Waals surface area contributed by atoms with Crippen molar-refractivity contribution >= 4 is 0 Å². The van der Waals surface area contributed by atoms with Crippen molar-refractivity contribution in [2.24, 2.45) is 0 Å². The predicted octanol–water partition coefficient (Wildman–Crippen LogP) is 0.299. The Kier molecular flexibility index (Phi) is 5.62. The molecule has 1 saturated heterocycles. The number of aromatic nitrogens is 2. The standard InChI is InChI=1S/C11H18F2N4O2/c12-9(13)8-18-6-1-10-15-11(19-16-10)7-17-4-2-14-3-5-17/h9,14H,1-8H2. The molecule has 19 heavy (non-hydrogen) atoms. The fraction of sp³-hybridized carbons (Fsp3) is 0.818. The molecule has 2 rings (SSSR count). The van der Waals surface area contributed by atoms with E-state index in [9.17, 15) is 8.78 Å². The predicted molar refractivity (Wildman–Crippen MR) is 63.0 cm³/mol. The lowest BCUT2D eigenvalue weighted by Gasteiger charge is -2.25. The van der Waals surface area contributed by atoms with Crippen LogP contribution in [-0.4, -0.2) is 60.9 Å². The molecule has 6 nitrogen and oxygen atoms in total. The fourth-order valence-electron chi connectivity index (χ4n) is 1.85. The Labute approximate surface area is 110 Å². The first-order valence-electron chi connectivity index (χ1n) is 6.34. The Morgan fingerprint density at radius 1 is 1.37 bits per heavy atom. The van der Waals surface area contributed by atoms with Crippen molar-refractivity contribution in [1.82, 2.24) is 20.4 Å². The third-order valence-corrected chi connectivity index (χ3v) is 2.79. The second kappa shape index (κ2) is 7.46. The van der Waals surface area contributed by atoms with Gasteiger partial charge in [-0.3, -0.25) is 4.90 Å². The minimum Gasteiger partial charge on any atom is -0.375 e. The van der Waals surface area contributed by atoms with Crippen LogP contribution in [0, 0.1) is 0 Å². The highest BCUT2D eigenvalue weighted by atomic mass is 19.3. The van der Waals surface area contributed by atoms with Crippen LogP contribution < -0.4 is 5.32 Å². The minimum absolute atomic E-state index is 0.178. The molecule has 0 amide bonds. The first-order valence-corrected chi connectivity index (χ1v) is 6.34. The second-order valence-electron chi connectivity index (χ2n) is 4.35. The number of nitrogens with one attached hydrogen (secondary N) is 1. The van der Waals surface area contributed by atoms with E-state index < -0.39 is 13.0 Å². The molecule has 0 radical (unpaired) electrons. The maximum absolute atomic E-state index is 11.8.